The molecule has 0 amide bonds. The number of unbranched alkanes of at least 4 members (excludes halogenated alkanes) is 1. The van der Waals surface area contributed by atoms with E-state index in [-0.39, 0.29) is 5.54 Å². The molecule has 1 N–H and O–H groups in total. The fraction of sp³-hybridized carbons (Fsp3) is 0.900. The van der Waals surface area contributed by atoms with Crippen molar-refractivity contribution in [2.75, 3.05) is 0 Å². The summed E-state index contributed by atoms with van der Waals surface area (Å²) in [5.74, 6) is 0. The molecule has 0 saturated carbocycles. The molecule has 1 radical (unpaired) electrons. The van der Waals surface area contributed by atoms with Gasteiger partial charge in [0.05, 0.1) is 0 Å². The second-order valence-corrected chi connectivity index (χ2v) is 4.26. The largest absolute Gasteiger partial charge is 0.305 e. The van der Waals surface area contributed by atoms with Crippen molar-refractivity contribution >= 4 is 0 Å². The monoisotopic (exact) mass is 156 g/mol. The number of hydrogen-bond donors (Lipinski definition) is 1. The van der Waals surface area contributed by atoms with E-state index in [4.69, 9.17) is 0 Å². The van der Waals surface area contributed by atoms with Crippen molar-refractivity contribution in [1.82, 2.24) is 5.32 Å². The molecular formula is C10H22N. The summed E-state index contributed by atoms with van der Waals surface area (Å²) in [4.78, 5) is 0. The first kappa shape index (κ1) is 11.0. The zero-order valence-corrected chi connectivity index (χ0v) is 8.62. The molecule has 0 aromatic heterocycles. The zero-order chi connectivity index (χ0) is 8.91. The van der Waals surface area contributed by atoms with Gasteiger partial charge in [-0.3, -0.25) is 0 Å². The first-order chi connectivity index (χ1) is 4.95. The molecule has 0 unspecified atom stereocenters. The Morgan fingerprint density at radius 2 is 1.82 bits per heavy atom. The van der Waals surface area contributed by atoms with Gasteiger partial charge in [-0.15, -0.1) is 0 Å². The smallest absolute Gasteiger partial charge is 0.0337 e. The molecule has 0 aliphatic rings. The quantitative estimate of drug-likeness (QED) is 0.659. The Bertz CT molecular complexity index is 91.5. The Balaban J connectivity index is 3.44. The number of rotatable bonds is 4. The van der Waals surface area contributed by atoms with Gasteiger partial charge < -0.3 is 5.32 Å². The summed E-state index contributed by atoms with van der Waals surface area (Å²) < 4.78 is 0. The van der Waals surface area contributed by atoms with Gasteiger partial charge >= 0.3 is 0 Å². The Hall–Kier alpha value is -0.0400. The fourth-order valence-corrected chi connectivity index (χ4v) is 1.14. The Kier molecular flexibility index (Phi) is 4.74. The second kappa shape index (κ2) is 4.76. The lowest BCUT2D eigenvalue weighted by molar-refractivity contribution is 0.419. The minimum absolute atomic E-state index is 0.234. The standard InChI is InChI=1S/C10H22N/c1-6-7-8-9(2)11-10(3,4)5/h11H,6-8H2,1-5H3. The van der Waals surface area contributed by atoms with Gasteiger partial charge in [0.25, 0.3) is 0 Å². The van der Waals surface area contributed by atoms with Crippen molar-refractivity contribution in [2.24, 2.45) is 0 Å². The second-order valence-electron chi connectivity index (χ2n) is 4.26. The van der Waals surface area contributed by atoms with Crippen LogP contribution in [0.15, 0.2) is 0 Å². The summed E-state index contributed by atoms with van der Waals surface area (Å²) in [6.07, 6.45) is 3.80. The fourth-order valence-electron chi connectivity index (χ4n) is 1.14. The van der Waals surface area contributed by atoms with E-state index in [1.165, 1.54) is 25.3 Å². The van der Waals surface area contributed by atoms with Crippen LogP contribution in [0.2, 0.25) is 0 Å². The lowest BCUT2D eigenvalue weighted by atomic mass is 10.0. The molecule has 0 aromatic rings. The molecule has 0 aliphatic heterocycles. The average molecular weight is 156 g/mol. The average Bonchev–Trinajstić information content (AvgIpc) is 1.79. The van der Waals surface area contributed by atoms with E-state index in [0.717, 1.165) is 0 Å². The summed E-state index contributed by atoms with van der Waals surface area (Å²) in [5.41, 5.74) is 0.234. The van der Waals surface area contributed by atoms with Crippen LogP contribution in [0.3, 0.4) is 0 Å². The van der Waals surface area contributed by atoms with Crippen LogP contribution in [0, 0.1) is 6.04 Å². The van der Waals surface area contributed by atoms with Crippen molar-refractivity contribution in [3.63, 3.8) is 0 Å². The van der Waals surface area contributed by atoms with E-state index in [9.17, 15) is 0 Å². The zero-order valence-electron chi connectivity index (χ0n) is 8.62. The van der Waals surface area contributed by atoms with Crippen LogP contribution in [0.25, 0.3) is 0 Å². The highest BCUT2D eigenvalue weighted by atomic mass is 15.0. The first-order valence-electron chi connectivity index (χ1n) is 4.56. The molecule has 67 valence electrons. The Labute approximate surface area is 71.6 Å². The van der Waals surface area contributed by atoms with Crippen molar-refractivity contribution in [1.29, 1.82) is 0 Å². The molecule has 11 heavy (non-hydrogen) atoms. The molecule has 0 bridgehead atoms. The van der Waals surface area contributed by atoms with E-state index in [0.29, 0.717) is 0 Å². The van der Waals surface area contributed by atoms with Crippen LogP contribution in [-0.4, -0.2) is 5.54 Å². The van der Waals surface area contributed by atoms with Crippen molar-refractivity contribution in [3.8, 4) is 0 Å². The molecule has 0 spiro atoms. The lowest BCUT2D eigenvalue weighted by Crippen LogP contribution is -2.37. The van der Waals surface area contributed by atoms with E-state index >= 15 is 0 Å². The maximum atomic E-state index is 3.47. The maximum absolute atomic E-state index is 3.47. The number of hydrogen-bond acceptors (Lipinski definition) is 1. The topological polar surface area (TPSA) is 12.0 Å². The van der Waals surface area contributed by atoms with E-state index < -0.39 is 0 Å². The highest BCUT2D eigenvalue weighted by Gasteiger charge is 2.12. The normalized spacial score (nSPS) is 12.5. The van der Waals surface area contributed by atoms with Gasteiger partial charge in [-0.1, -0.05) is 19.8 Å². The van der Waals surface area contributed by atoms with Crippen molar-refractivity contribution in [2.45, 2.75) is 59.4 Å². The summed E-state index contributed by atoms with van der Waals surface area (Å²) in [6.45, 7) is 11.0. The summed E-state index contributed by atoms with van der Waals surface area (Å²) >= 11 is 0. The first-order valence-corrected chi connectivity index (χ1v) is 4.56. The molecule has 0 heterocycles. The van der Waals surface area contributed by atoms with Gasteiger partial charge in [0.15, 0.2) is 0 Å². The van der Waals surface area contributed by atoms with Crippen LogP contribution in [0.1, 0.15) is 53.9 Å². The molecule has 1 nitrogen and oxygen atoms in total. The van der Waals surface area contributed by atoms with Crippen LogP contribution >= 0.6 is 0 Å². The van der Waals surface area contributed by atoms with E-state index in [1.54, 1.807) is 0 Å². The van der Waals surface area contributed by atoms with Crippen LogP contribution in [0.4, 0.5) is 0 Å². The summed E-state index contributed by atoms with van der Waals surface area (Å²) in [7, 11) is 0. The third kappa shape index (κ3) is 7.86. The van der Waals surface area contributed by atoms with Gasteiger partial charge in [0, 0.05) is 11.6 Å². The van der Waals surface area contributed by atoms with Gasteiger partial charge in [-0.25, -0.2) is 0 Å². The molecule has 0 rings (SSSR count). The highest BCUT2D eigenvalue weighted by molar-refractivity contribution is 4.87. The SMILES string of the molecule is CCCC[C](C)NC(C)(C)C. The highest BCUT2D eigenvalue weighted by Crippen LogP contribution is 2.11. The molecule has 1 heteroatoms. The number of nitrogens with one attached hydrogen (secondary N) is 1. The van der Waals surface area contributed by atoms with Crippen LogP contribution in [0.5, 0.6) is 0 Å². The van der Waals surface area contributed by atoms with E-state index in [2.05, 4.69) is 39.9 Å². The Morgan fingerprint density at radius 1 is 1.27 bits per heavy atom. The van der Waals surface area contributed by atoms with Gasteiger partial charge in [0.2, 0.25) is 0 Å². The third-order valence-electron chi connectivity index (χ3n) is 1.49. The summed E-state index contributed by atoms with van der Waals surface area (Å²) in [5, 5.41) is 3.47. The molecular weight excluding hydrogens is 134 g/mol. The molecule has 0 aromatic carbocycles. The van der Waals surface area contributed by atoms with Gasteiger partial charge in [-0.2, -0.15) is 0 Å². The predicted molar refractivity (Wildman–Crippen MR) is 51.3 cm³/mol. The van der Waals surface area contributed by atoms with Crippen LogP contribution < -0.4 is 5.32 Å². The van der Waals surface area contributed by atoms with Crippen molar-refractivity contribution < 1.29 is 0 Å². The minimum Gasteiger partial charge on any atom is -0.305 e. The molecule has 0 fully saturated rings. The summed E-state index contributed by atoms with van der Waals surface area (Å²) in [6, 6.07) is 1.42. The Morgan fingerprint density at radius 3 is 2.18 bits per heavy atom. The van der Waals surface area contributed by atoms with E-state index in [1.807, 2.05) is 0 Å². The van der Waals surface area contributed by atoms with Crippen molar-refractivity contribution in [3.05, 3.63) is 6.04 Å². The molecule has 0 aliphatic carbocycles. The lowest BCUT2D eigenvalue weighted by Gasteiger charge is -2.25. The predicted octanol–water partition coefficient (Wildman–Crippen LogP) is 3.12. The third-order valence-corrected chi connectivity index (χ3v) is 1.49. The minimum atomic E-state index is 0.234. The molecule has 0 atom stereocenters. The van der Waals surface area contributed by atoms with Gasteiger partial charge in [0.1, 0.15) is 0 Å². The van der Waals surface area contributed by atoms with Gasteiger partial charge in [-0.05, 0) is 34.1 Å². The maximum Gasteiger partial charge on any atom is 0.0337 e. The molecule has 0 saturated heterocycles. The van der Waals surface area contributed by atoms with Crippen LogP contribution in [-0.2, 0) is 0 Å².